The molecule has 3 N–H and O–H groups in total. The van der Waals surface area contributed by atoms with Crippen molar-refractivity contribution in [2.24, 2.45) is 0 Å². The van der Waals surface area contributed by atoms with E-state index in [1.807, 2.05) is 42.5 Å². The monoisotopic (exact) mass is 251 g/mol. The van der Waals surface area contributed by atoms with Gasteiger partial charge in [0, 0.05) is 10.9 Å². The van der Waals surface area contributed by atoms with E-state index in [9.17, 15) is 4.79 Å². The summed E-state index contributed by atoms with van der Waals surface area (Å²) in [5.41, 5.74) is 9.48. The summed E-state index contributed by atoms with van der Waals surface area (Å²) in [7, 11) is 0. The zero-order valence-corrected chi connectivity index (χ0v) is 10.5. The predicted molar refractivity (Wildman–Crippen MR) is 75.9 cm³/mol. The lowest BCUT2D eigenvalue weighted by Gasteiger charge is -2.03. The molecule has 94 valence electrons. The minimum Gasteiger partial charge on any atom is -0.382 e. The summed E-state index contributed by atoms with van der Waals surface area (Å²) in [6.45, 7) is 1.56. The zero-order chi connectivity index (χ0) is 13.4. The minimum absolute atomic E-state index is 0.0725. The van der Waals surface area contributed by atoms with Crippen LogP contribution in [0.5, 0.6) is 0 Å². The third-order valence-corrected chi connectivity index (χ3v) is 3.22. The van der Waals surface area contributed by atoms with Crippen LogP contribution in [0.2, 0.25) is 0 Å². The molecule has 0 spiro atoms. The molecule has 0 saturated carbocycles. The molecular weight excluding hydrogens is 238 g/mol. The Bertz CT molecular complexity index is 757. The van der Waals surface area contributed by atoms with Crippen molar-refractivity contribution < 1.29 is 4.79 Å². The molecule has 0 aliphatic carbocycles. The molecule has 0 aliphatic heterocycles. The Morgan fingerprint density at radius 2 is 1.79 bits per heavy atom. The van der Waals surface area contributed by atoms with Gasteiger partial charge in [-0.1, -0.05) is 30.3 Å². The van der Waals surface area contributed by atoms with Gasteiger partial charge in [0.15, 0.2) is 11.6 Å². The topological polar surface area (TPSA) is 71.8 Å². The number of hydrogen-bond donors (Lipinski definition) is 2. The smallest absolute Gasteiger partial charge is 0.159 e. The number of H-pyrrole nitrogens is 1. The Morgan fingerprint density at radius 1 is 1.11 bits per heavy atom. The van der Waals surface area contributed by atoms with Crippen LogP contribution in [0, 0.1) is 0 Å². The SMILES string of the molecule is CC(=O)c1ccc(-c2ccc3c(N)n[nH]c3c2)cc1. The summed E-state index contributed by atoms with van der Waals surface area (Å²) in [6.07, 6.45) is 0. The van der Waals surface area contributed by atoms with Crippen LogP contribution in [0.25, 0.3) is 22.0 Å². The number of nitrogens with one attached hydrogen (secondary N) is 1. The Balaban J connectivity index is 2.05. The van der Waals surface area contributed by atoms with Crippen LogP contribution in [0.3, 0.4) is 0 Å². The second-order valence-corrected chi connectivity index (χ2v) is 4.50. The predicted octanol–water partition coefficient (Wildman–Crippen LogP) is 3.01. The van der Waals surface area contributed by atoms with Gasteiger partial charge in [0.25, 0.3) is 0 Å². The number of Topliss-reactive ketones (excluding diaryl/α,β-unsaturated/α-hetero) is 1. The molecule has 1 heterocycles. The molecule has 0 bridgehead atoms. The highest BCUT2D eigenvalue weighted by molar-refractivity contribution is 5.95. The summed E-state index contributed by atoms with van der Waals surface area (Å²) < 4.78 is 0. The van der Waals surface area contributed by atoms with Gasteiger partial charge in [-0.25, -0.2) is 0 Å². The number of anilines is 1. The van der Waals surface area contributed by atoms with Crippen molar-refractivity contribution in [2.75, 3.05) is 5.73 Å². The van der Waals surface area contributed by atoms with Crippen molar-refractivity contribution in [3.05, 3.63) is 48.0 Å². The molecule has 4 nitrogen and oxygen atoms in total. The maximum absolute atomic E-state index is 11.2. The van der Waals surface area contributed by atoms with E-state index in [-0.39, 0.29) is 5.78 Å². The van der Waals surface area contributed by atoms with Gasteiger partial charge in [-0.05, 0) is 30.2 Å². The standard InChI is InChI=1S/C15H13N3O/c1-9(19)10-2-4-11(5-3-10)12-6-7-13-14(8-12)17-18-15(13)16/h2-8H,1H3,(H3,16,17,18). The van der Waals surface area contributed by atoms with Gasteiger partial charge >= 0.3 is 0 Å². The molecule has 0 radical (unpaired) electrons. The Labute approximate surface area is 110 Å². The van der Waals surface area contributed by atoms with Crippen LogP contribution < -0.4 is 5.73 Å². The van der Waals surface area contributed by atoms with Gasteiger partial charge in [-0.3, -0.25) is 9.89 Å². The van der Waals surface area contributed by atoms with E-state index >= 15 is 0 Å². The Kier molecular flexibility index (Phi) is 2.56. The molecule has 4 heteroatoms. The van der Waals surface area contributed by atoms with Gasteiger partial charge in [0.05, 0.1) is 5.52 Å². The van der Waals surface area contributed by atoms with Gasteiger partial charge in [0.2, 0.25) is 0 Å². The Hall–Kier alpha value is -2.62. The maximum atomic E-state index is 11.2. The largest absolute Gasteiger partial charge is 0.382 e. The van der Waals surface area contributed by atoms with Crippen molar-refractivity contribution in [1.82, 2.24) is 10.2 Å². The van der Waals surface area contributed by atoms with E-state index in [0.29, 0.717) is 5.82 Å². The Morgan fingerprint density at radius 3 is 2.47 bits per heavy atom. The number of ketones is 1. The van der Waals surface area contributed by atoms with E-state index in [1.165, 1.54) is 0 Å². The van der Waals surface area contributed by atoms with Crippen molar-refractivity contribution in [3.8, 4) is 11.1 Å². The van der Waals surface area contributed by atoms with Crippen LogP contribution in [0.15, 0.2) is 42.5 Å². The molecule has 0 saturated heterocycles. The number of fused-ring (bicyclic) bond motifs is 1. The minimum atomic E-state index is 0.0725. The van der Waals surface area contributed by atoms with Crippen molar-refractivity contribution in [1.29, 1.82) is 0 Å². The number of aromatic nitrogens is 2. The first-order valence-electron chi connectivity index (χ1n) is 6.00. The first-order valence-corrected chi connectivity index (χ1v) is 6.00. The third-order valence-electron chi connectivity index (χ3n) is 3.22. The molecule has 3 aromatic rings. The molecule has 0 amide bonds. The first-order chi connectivity index (χ1) is 9.15. The molecule has 3 rings (SSSR count). The summed E-state index contributed by atoms with van der Waals surface area (Å²) in [5, 5.41) is 7.79. The number of rotatable bonds is 2. The van der Waals surface area contributed by atoms with E-state index in [0.717, 1.165) is 27.6 Å². The average molecular weight is 251 g/mol. The third kappa shape index (κ3) is 1.97. The zero-order valence-electron chi connectivity index (χ0n) is 10.5. The number of nitrogens with two attached hydrogens (primary N) is 1. The van der Waals surface area contributed by atoms with E-state index in [4.69, 9.17) is 5.73 Å². The highest BCUT2D eigenvalue weighted by Gasteiger charge is 2.05. The van der Waals surface area contributed by atoms with E-state index in [1.54, 1.807) is 6.92 Å². The number of carbonyl (C=O) groups excluding carboxylic acids is 1. The normalized spacial score (nSPS) is 10.8. The highest BCUT2D eigenvalue weighted by atomic mass is 16.1. The maximum Gasteiger partial charge on any atom is 0.159 e. The molecule has 0 aliphatic rings. The molecular formula is C15H13N3O. The molecule has 19 heavy (non-hydrogen) atoms. The van der Waals surface area contributed by atoms with Gasteiger partial charge in [-0.2, -0.15) is 5.10 Å². The summed E-state index contributed by atoms with van der Waals surface area (Å²) in [5.74, 6) is 0.580. The summed E-state index contributed by atoms with van der Waals surface area (Å²) in [6, 6.07) is 13.5. The van der Waals surface area contributed by atoms with Crippen molar-refractivity contribution in [3.63, 3.8) is 0 Å². The fraction of sp³-hybridized carbons (Fsp3) is 0.0667. The second-order valence-electron chi connectivity index (χ2n) is 4.50. The van der Waals surface area contributed by atoms with Gasteiger partial charge in [0.1, 0.15) is 0 Å². The molecule has 0 fully saturated rings. The lowest BCUT2D eigenvalue weighted by atomic mass is 10.0. The van der Waals surface area contributed by atoms with Crippen LogP contribution in [-0.2, 0) is 0 Å². The number of nitrogens with zero attached hydrogens (tertiary/aromatic N) is 1. The molecule has 0 atom stereocenters. The first kappa shape index (κ1) is 11.5. The molecule has 0 unspecified atom stereocenters. The van der Waals surface area contributed by atoms with Crippen LogP contribution in [-0.4, -0.2) is 16.0 Å². The number of carbonyl (C=O) groups is 1. The lowest BCUT2D eigenvalue weighted by molar-refractivity contribution is 0.101. The van der Waals surface area contributed by atoms with Gasteiger partial charge in [-0.15, -0.1) is 0 Å². The number of aromatic amines is 1. The van der Waals surface area contributed by atoms with E-state index < -0.39 is 0 Å². The highest BCUT2D eigenvalue weighted by Crippen LogP contribution is 2.26. The molecule has 2 aromatic carbocycles. The number of nitrogen functional groups attached to an aromatic ring is 1. The quantitative estimate of drug-likeness (QED) is 0.688. The summed E-state index contributed by atoms with van der Waals surface area (Å²) >= 11 is 0. The second kappa shape index (κ2) is 4.24. The number of hydrogen-bond acceptors (Lipinski definition) is 3. The fourth-order valence-electron chi connectivity index (χ4n) is 2.12. The van der Waals surface area contributed by atoms with Crippen molar-refractivity contribution in [2.45, 2.75) is 6.92 Å². The van der Waals surface area contributed by atoms with Crippen LogP contribution in [0.1, 0.15) is 17.3 Å². The fourth-order valence-corrected chi connectivity index (χ4v) is 2.12. The van der Waals surface area contributed by atoms with Gasteiger partial charge < -0.3 is 5.73 Å². The summed E-state index contributed by atoms with van der Waals surface area (Å²) in [4.78, 5) is 11.2. The van der Waals surface area contributed by atoms with E-state index in [2.05, 4.69) is 10.2 Å². The number of benzene rings is 2. The van der Waals surface area contributed by atoms with Crippen LogP contribution in [0.4, 0.5) is 5.82 Å². The van der Waals surface area contributed by atoms with Crippen molar-refractivity contribution >= 4 is 22.5 Å². The van der Waals surface area contributed by atoms with Crippen LogP contribution >= 0.6 is 0 Å². The average Bonchev–Trinajstić information content (AvgIpc) is 2.80. The lowest BCUT2D eigenvalue weighted by Crippen LogP contribution is -1.90. The molecule has 1 aromatic heterocycles.